The fourth-order valence-corrected chi connectivity index (χ4v) is 5.01. The molecule has 6 nitrogen and oxygen atoms in total. The standard InChI is InChI=1S/C23H27N5O/c1-29-21-12-10-18(11-13-21)22(23-24-25-26-28(23)20-8-4-5-9-20)27-15-14-17-6-2-3-7-19(17)16-27/h2-3,6-7,10-13,20,22H,4-5,8-9,14-16H2,1H3/p+1/t22-/m1/s1. The first-order chi connectivity index (χ1) is 14.3. The quantitative estimate of drug-likeness (QED) is 0.727. The highest BCUT2D eigenvalue weighted by atomic mass is 16.5. The van der Waals surface area contributed by atoms with E-state index in [1.54, 1.807) is 7.11 Å². The lowest BCUT2D eigenvalue weighted by atomic mass is 9.96. The van der Waals surface area contributed by atoms with Gasteiger partial charge in [-0.3, -0.25) is 0 Å². The van der Waals surface area contributed by atoms with Crippen LogP contribution in [0.3, 0.4) is 0 Å². The van der Waals surface area contributed by atoms with Gasteiger partial charge in [-0.15, -0.1) is 5.10 Å². The van der Waals surface area contributed by atoms with Gasteiger partial charge in [0.15, 0.2) is 6.04 Å². The summed E-state index contributed by atoms with van der Waals surface area (Å²) in [5.74, 6) is 1.87. The lowest BCUT2D eigenvalue weighted by Gasteiger charge is -2.32. The van der Waals surface area contributed by atoms with Crippen molar-refractivity contribution in [1.82, 2.24) is 20.2 Å². The average molecular weight is 391 g/mol. The molecule has 2 atom stereocenters. The molecule has 0 amide bonds. The Bertz CT molecular complexity index is 961. The zero-order chi connectivity index (χ0) is 19.6. The van der Waals surface area contributed by atoms with Crippen molar-refractivity contribution in [3.63, 3.8) is 0 Å². The predicted molar refractivity (Wildman–Crippen MR) is 110 cm³/mol. The Hall–Kier alpha value is -2.73. The van der Waals surface area contributed by atoms with Crippen LogP contribution < -0.4 is 9.64 Å². The molecule has 5 rings (SSSR count). The molecule has 1 aliphatic carbocycles. The van der Waals surface area contributed by atoms with Crippen LogP contribution in [0.2, 0.25) is 0 Å². The van der Waals surface area contributed by atoms with Gasteiger partial charge in [0.2, 0.25) is 5.82 Å². The van der Waals surface area contributed by atoms with Gasteiger partial charge in [0, 0.05) is 17.5 Å². The van der Waals surface area contributed by atoms with Crippen molar-refractivity contribution in [2.75, 3.05) is 13.7 Å². The first kappa shape index (κ1) is 18.3. The number of rotatable bonds is 5. The summed E-state index contributed by atoms with van der Waals surface area (Å²) >= 11 is 0. The fraction of sp³-hybridized carbons (Fsp3) is 0.435. The molecule has 0 bridgehead atoms. The highest BCUT2D eigenvalue weighted by Crippen LogP contribution is 2.31. The largest absolute Gasteiger partial charge is 0.497 e. The normalized spacial score (nSPS) is 20.4. The number of nitrogens with zero attached hydrogens (tertiary/aromatic N) is 4. The van der Waals surface area contributed by atoms with Crippen molar-refractivity contribution in [1.29, 1.82) is 0 Å². The molecule has 1 aliphatic heterocycles. The van der Waals surface area contributed by atoms with Crippen molar-refractivity contribution >= 4 is 0 Å². The van der Waals surface area contributed by atoms with E-state index in [4.69, 9.17) is 4.74 Å². The monoisotopic (exact) mass is 390 g/mol. The Kier molecular flexibility index (Phi) is 5.02. The second kappa shape index (κ2) is 7.95. The van der Waals surface area contributed by atoms with E-state index in [2.05, 4.69) is 56.6 Å². The van der Waals surface area contributed by atoms with E-state index in [0.29, 0.717) is 6.04 Å². The summed E-state index contributed by atoms with van der Waals surface area (Å²) in [5, 5.41) is 13.1. The van der Waals surface area contributed by atoms with Crippen LogP contribution in [-0.4, -0.2) is 33.9 Å². The smallest absolute Gasteiger partial charge is 0.214 e. The molecule has 2 aromatic carbocycles. The van der Waals surface area contributed by atoms with Crippen LogP contribution in [-0.2, 0) is 13.0 Å². The number of tetrazole rings is 1. The number of benzene rings is 2. The third-order valence-electron chi connectivity index (χ3n) is 6.56. The van der Waals surface area contributed by atoms with Gasteiger partial charge < -0.3 is 9.64 Å². The van der Waals surface area contributed by atoms with Gasteiger partial charge in [-0.2, -0.15) is 0 Å². The summed E-state index contributed by atoms with van der Waals surface area (Å²) in [6.45, 7) is 2.07. The molecule has 1 N–H and O–H groups in total. The van der Waals surface area contributed by atoms with Crippen LogP contribution in [0.5, 0.6) is 5.75 Å². The molecule has 0 saturated heterocycles. The van der Waals surface area contributed by atoms with Gasteiger partial charge in [-0.1, -0.05) is 37.1 Å². The number of quaternary nitrogens is 1. The van der Waals surface area contributed by atoms with Gasteiger partial charge in [0.05, 0.1) is 19.7 Å². The highest BCUT2D eigenvalue weighted by molar-refractivity contribution is 5.32. The minimum Gasteiger partial charge on any atom is -0.497 e. The number of ether oxygens (including phenoxy) is 1. The summed E-state index contributed by atoms with van der Waals surface area (Å²) in [6, 6.07) is 17.8. The van der Waals surface area contributed by atoms with E-state index < -0.39 is 0 Å². The van der Waals surface area contributed by atoms with Gasteiger partial charge in [0.25, 0.3) is 0 Å². The highest BCUT2D eigenvalue weighted by Gasteiger charge is 2.36. The molecule has 1 unspecified atom stereocenters. The predicted octanol–water partition coefficient (Wildman–Crippen LogP) is 2.53. The molecule has 0 radical (unpaired) electrons. The molecule has 150 valence electrons. The second-order valence-corrected chi connectivity index (χ2v) is 8.23. The third kappa shape index (κ3) is 3.53. The lowest BCUT2D eigenvalue weighted by Crippen LogP contribution is -3.12. The zero-order valence-electron chi connectivity index (χ0n) is 16.9. The fourth-order valence-electron chi connectivity index (χ4n) is 5.01. The molecular weight excluding hydrogens is 362 g/mol. The van der Waals surface area contributed by atoms with E-state index in [1.165, 1.54) is 47.3 Å². The summed E-state index contributed by atoms with van der Waals surface area (Å²) < 4.78 is 7.50. The van der Waals surface area contributed by atoms with E-state index in [9.17, 15) is 0 Å². The summed E-state index contributed by atoms with van der Waals surface area (Å²) in [5.41, 5.74) is 4.15. The lowest BCUT2D eigenvalue weighted by molar-refractivity contribution is -0.941. The number of nitrogens with one attached hydrogen (secondary N) is 1. The molecule has 3 aromatic rings. The van der Waals surface area contributed by atoms with E-state index in [1.807, 2.05) is 12.1 Å². The van der Waals surface area contributed by atoms with Crippen molar-refractivity contribution in [3.05, 3.63) is 71.0 Å². The Morgan fingerprint density at radius 1 is 1.03 bits per heavy atom. The second-order valence-electron chi connectivity index (χ2n) is 8.23. The van der Waals surface area contributed by atoms with Crippen molar-refractivity contribution in [2.24, 2.45) is 0 Å². The van der Waals surface area contributed by atoms with Crippen LogP contribution in [0.15, 0.2) is 48.5 Å². The molecule has 0 spiro atoms. The summed E-state index contributed by atoms with van der Waals surface area (Å²) in [7, 11) is 1.71. The number of hydrogen-bond acceptors (Lipinski definition) is 4. The van der Waals surface area contributed by atoms with Gasteiger partial charge in [0.1, 0.15) is 12.3 Å². The van der Waals surface area contributed by atoms with Crippen molar-refractivity contribution in [3.8, 4) is 5.75 Å². The average Bonchev–Trinajstić information content (AvgIpc) is 3.46. The minimum absolute atomic E-state index is 0.116. The Balaban J connectivity index is 1.54. The minimum atomic E-state index is 0.116. The van der Waals surface area contributed by atoms with Crippen LogP contribution in [0.1, 0.15) is 60.3 Å². The zero-order valence-corrected chi connectivity index (χ0v) is 16.9. The maximum Gasteiger partial charge on any atom is 0.214 e. The van der Waals surface area contributed by atoms with Gasteiger partial charge >= 0.3 is 0 Å². The maximum absolute atomic E-state index is 5.38. The molecule has 2 aliphatic rings. The van der Waals surface area contributed by atoms with Gasteiger partial charge in [-0.05, 0) is 53.1 Å². The van der Waals surface area contributed by atoms with Crippen LogP contribution in [0, 0.1) is 0 Å². The SMILES string of the molecule is COc1ccc([C@H](c2nnnn2C2CCCC2)[NH+]2CCc3ccccc3C2)cc1. The third-order valence-corrected chi connectivity index (χ3v) is 6.56. The first-order valence-electron chi connectivity index (χ1n) is 10.7. The first-order valence-corrected chi connectivity index (χ1v) is 10.7. The molecular formula is C23H28N5O+. The van der Waals surface area contributed by atoms with E-state index in [-0.39, 0.29) is 6.04 Å². The Morgan fingerprint density at radius 2 is 1.79 bits per heavy atom. The number of fused-ring (bicyclic) bond motifs is 1. The maximum atomic E-state index is 5.38. The Labute approximate surface area is 171 Å². The summed E-state index contributed by atoms with van der Waals surface area (Å²) in [6.07, 6.45) is 5.96. The van der Waals surface area contributed by atoms with Crippen LogP contribution in [0.25, 0.3) is 0 Å². The number of aromatic nitrogens is 4. The molecule has 6 heteroatoms. The van der Waals surface area contributed by atoms with Crippen LogP contribution >= 0.6 is 0 Å². The Morgan fingerprint density at radius 3 is 2.55 bits per heavy atom. The van der Waals surface area contributed by atoms with Crippen molar-refractivity contribution < 1.29 is 9.64 Å². The molecule has 1 aromatic heterocycles. The van der Waals surface area contributed by atoms with Crippen LogP contribution in [0.4, 0.5) is 0 Å². The molecule has 1 fully saturated rings. The van der Waals surface area contributed by atoms with Crippen molar-refractivity contribution in [2.45, 2.75) is 50.7 Å². The van der Waals surface area contributed by atoms with E-state index >= 15 is 0 Å². The van der Waals surface area contributed by atoms with E-state index in [0.717, 1.165) is 31.1 Å². The topological polar surface area (TPSA) is 57.3 Å². The molecule has 1 saturated carbocycles. The number of hydrogen-bond donors (Lipinski definition) is 1. The molecule has 2 heterocycles. The number of methoxy groups -OCH3 is 1. The molecule has 29 heavy (non-hydrogen) atoms. The van der Waals surface area contributed by atoms with Gasteiger partial charge in [-0.25, -0.2) is 4.68 Å². The summed E-state index contributed by atoms with van der Waals surface area (Å²) in [4.78, 5) is 1.50.